The molecule has 7 nitrogen and oxygen atoms in total. The molecule has 1 aromatic rings. The Hall–Kier alpha value is -2.04. The number of allylic oxidation sites excluding steroid dienone is 2. The highest BCUT2D eigenvalue weighted by Gasteiger charge is 2.50. The number of hydrogen-bond donors (Lipinski definition) is 3. The molecule has 0 radical (unpaired) electrons. The zero-order valence-corrected chi connectivity index (χ0v) is 18.4. The van der Waals surface area contributed by atoms with Crippen LogP contribution in [-0.4, -0.2) is 45.4 Å². The number of hydrogen-bond acceptors (Lipinski definition) is 6. The molecule has 3 atom stereocenters. The van der Waals surface area contributed by atoms with Crippen LogP contribution in [0.2, 0.25) is 0 Å². The third-order valence-electron chi connectivity index (χ3n) is 5.12. The van der Waals surface area contributed by atoms with E-state index in [1.807, 2.05) is 22.6 Å². The maximum Gasteiger partial charge on any atom is 0.251 e. The quantitative estimate of drug-likeness (QED) is 0.420. The van der Waals surface area contributed by atoms with Crippen LogP contribution in [0.3, 0.4) is 0 Å². The fourth-order valence-corrected chi connectivity index (χ4v) is 4.24. The molecule has 29 heavy (non-hydrogen) atoms. The van der Waals surface area contributed by atoms with E-state index < -0.39 is 35.4 Å². The Kier molecular flexibility index (Phi) is 5.98. The van der Waals surface area contributed by atoms with Crippen LogP contribution in [0.5, 0.6) is 0 Å². The highest BCUT2D eigenvalue weighted by atomic mass is 127. The Morgan fingerprint density at radius 3 is 2.62 bits per heavy atom. The van der Waals surface area contributed by atoms with Gasteiger partial charge in [-0.15, -0.1) is 0 Å². The minimum absolute atomic E-state index is 0.0931. The second-order valence-electron chi connectivity index (χ2n) is 7.67. The van der Waals surface area contributed by atoms with E-state index in [1.165, 1.54) is 13.0 Å². The predicted molar refractivity (Wildman–Crippen MR) is 113 cm³/mol. The monoisotopic (exact) mass is 511 g/mol. The zero-order valence-electron chi connectivity index (χ0n) is 16.2. The molecule has 1 heterocycles. The summed E-state index contributed by atoms with van der Waals surface area (Å²) in [6.45, 7) is 4.44. The maximum absolute atomic E-state index is 13.0. The number of benzene rings is 1. The van der Waals surface area contributed by atoms with Gasteiger partial charge < -0.3 is 20.3 Å². The number of carbonyl (C=O) groups is 3. The Morgan fingerprint density at radius 1 is 1.31 bits per heavy atom. The standard InChI is InChI=1S/C21H22INO6/c1-10(25)13-8-14(22)18-15(17(13)26)16(19(27)21(2,3)29-18)23-20(28)12-6-4-5-11(7-12)9-24/h4-8,13,16,19,24,27H,9H2,1-3H3,(H,23,28)/t13?,16-,19+/m0/s1. The van der Waals surface area contributed by atoms with E-state index in [9.17, 15) is 24.6 Å². The number of halogens is 1. The molecule has 1 aliphatic carbocycles. The second-order valence-corrected chi connectivity index (χ2v) is 8.83. The highest BCUT2D eigenvalue weighted by Crippen LogP contribution is 2.42. The molecule has 0 saturated carbocycles. The summed E-state index contributed by atoms with van der Waals surface area (Å²) in [5.41, 5.74) is -0.132. The minimum Gasteiger partial charge on any atom is -0.483 e. The molecule has 0 fully saturated rings. The Labute approximate surface area is 182 Å². The van der Waals surface area contributed by atoms with Crippen LogP contribution >= 0.6 is 22.6 Å². The van der Waals surface area contributed by atoms with Gasteiger partial charge in [0, 0.05) is 5.56 Å². The first-order valence-corrected chi connectivity index (χ1v) is 10.2. The van der Waals surface area contributed by atoms with Crippen LogP contribution in [-0.2, 0) is 20.9 Å². The molecule has 3 N–H and O–H groups in total. The fourth-order valence-electron chi connectivity index (χ4n) is 3.48. The maximum atomic E-state index is 13.0. The van der Waals surface area contributed by atoms with Crippen molar-refractivity contribution in [1.82, 2.24) is 5.32 Å². The molecule has 0 saturated heterocycles. The lowest BCUT2D eigenvalue weighted by molar-refractivity contribution is -0.131. The van der Waals surface area contributed by atoms with Gasteiger partial charge in [-0.25, -0.2) is 0 Å². The highest BCUT2D eigenvalue weighted by molar-refractivity contribution is 14.1. The second kappa shape index (κ2) is 8.00. The molecule has 154 valence electrons. The van der Waals surface area contributed by atoms with Gasteiger partial charge in [0.05, 0.1) is 21.8 Å². The van der Waals surface area contributed by atoms with E-state index in [1.54, 1.807) is 38.1 Å². The Bertz CT molecular complexity index is 948. The summed E-state index contributed by atoms with van der Waals surface area (Å²) in [6.07, 6.45) is 0.326. The lowest BCUT2D eigenvalue weighted by Crippen LogP contribution is -2.59. The topological polar surface area (TPSA) is 113 Å². The zero-order chi connectivity index (χ0) is 21.5. The number of amides is 1. The molecule has 3 rings (SSSR count). The van der Waals surface area contributed by atoms with Gasteiger partial charge >= 0.3 is 0 Å². The summed E-state index contributed by atoms with van der Waals surface area (Å²) in [7, 11) is 0. The minimum atomic E-state index is -1.22. The van der Waals surface area contributed by atoms with Gasteiger partial charge in [0.15, 0.2) is 5.78 Å². The SMILES string of the molecule is CC(=O)C1C=C(I)C2=C(C1=O)[C@H](NC(=O)c1cccc(CO)c1)[C@@H](O)C(C)(C)O2. The smallest absolute Gasteiger partial charge is 0.251 e. The number of nitrogens with one attached hydrogen (secondary N) is 1. The van der Waals surface area contributed by atoms with Gasteiger partial charge in [0.2, 0.25) is 0 Å². The molecule has 0 bridgehead atoms. The van der Waals surface area contributed by atoms with Gasteiger partial charge in [-0.1, -0.05) is 12.1 Å². The molecule has 1 aliphatic heterocycles. The summed E-state index contributed by atoms with van der Waals surface area (Å²) < 4.78 is 6.47. The van der Waals surface area contributed by atoms with Crippen LogP contribution < -0.4 is 5.32 Å². The van der Waals surface area contributed by atoms with Crippen molar-refractivity contribution in [3.63, 3.8) is 0 Å². The van der Waals surface area contributed by atoms with Gasteiger partial charge in [-0.2, -0.15) is 0 Å². The van der Waals surface area contributed by atoms with Crippen molar-refractivity contribution >= 4 is 40.1 Å². The normalized spacial score (nSPS) is 25.7. The van der Waals surface area contributed by atoms with Crippen LogP contribution in [0.1, 0.15) is 36.7 Å². The number of Topliss-reactive ketones (excluding diaryl/α,β-unsaturated/α-hetero) is 2. The number of ether oxygens (including phenoxy) is 1. The summed E-state index contributed by atoms with van der Waals surface area (Å²) in [6, 6.07) is 5.38. The number of aliphatic hydroxyl groups is 2. The van der Waals surface area contributed by atoms with E-state index in [-0.39, 0.29) is 29.3 Å². The van der Waals surface area contributed by atoms with Crippen molar-refractivity contribution in [1.29, 1.82) is 0 Å². The Morgan fingerprint density at radius 2 is 2.00 bits per heavy atom. The van der Waals surface area contributed by atoms with E-state index >= 15 is 0 Å². The van der Waals surface area contributed by atoms with E-state index in [0.29, 0.717) is 9.14 Å². The van der Waals surface area contributed by atoms with Gasteiger partial charge in [0.1, 0.15) is 29.2 Å². The van der Waals surface area contributed by atoms with Crippen molar-refractivity contribution < 1.29 is 29.3 Å². The van der Waals surface area contributed by atoms with Crippen molar-refractivity contribution in [3.8, 4) is 0 Å². The summed E-state index contributed by atoms with van der Waals surface area (Å²) >= 11 is 1.99. The molecule has 1 unspecified atom stereocenters. The third-order valence-corrected chi connectivity index (χ3v) is 5.97. The van der Waals surface area contributed by atoms with Crippen LogP contribution in [0.4, 0.5) is 0 Å². The number of ketones is 2. The molecule has 1 amide bonds. The largest absolute Gasteiger partial charge is 0.483 e. The molecule has 2 aliphatic rings. The molecular weight excluding hydrogens is 489 g/mol. The molecule has 8 heteroatoms. The summed E-state index contributed by atoms with van der Waals surface area (Å²) in [4.78, 5) is 37.8. The van der Waals surface area contributed by atoms with Gasteiger partial charge in [-0.05, 0) is 67.1 Å². The summed E-state index contributed by atoms with van der Waals surface area (Å²) in [5.74, 6) is -2.02. The first-order valence-electron chi connectivity index (χ1n) is 9.11. The lowest BCUT2D eigenvalue weighted by Gasteiger charge is -2.44. The number of carbonyl (C=O) groups excluding carboxylic acids is 3. The molecule has 0 spiro atoms. The Balaban J connectivity index is 2.03. The van der Waals surface area contributed by atoms with E-state index in [0.717, 1.165) is 0 Å². The fraction of sp³-hybridized carbons (Fsp3) is 0.381. The first-order chi connectivity index (χ1) is 13.6. The molecular formula is C21H22INO6. The van der Waals surface area contributed by atoms with Gasteiger partial charge in [-0.3, -0.25) is 14.4 Å². The lowest BCUT2D eigenvalue weighted by atomic mass is 9.78. The van der Waals surface area contributed by atoms with Gasteiger partial charge in [0.25, 0.3) is 5.91 Å². The summed E-state index contributed by atoms with van der Waals surface area (Å²) in [5, 5.41) is 22.9. The third kappa shape index (κ3) is 4.01. The van der Waals surface area contributed by atoms with Crippen molar-refractivity contribution in [2.24, 2.45) is 5.92 Å². The van der Waals surface area contributed by atoms with Crippen molar-refractivity contribution in [3.05, 3.63) is 56.4 Å². The van der Waals surface area contributed by atoms with Crippen LogP contribution in [0, 0.1) is 5.92 Å². The number of aliphatic hydroxyl groups excluding tert-OH is 2. The van der Waals surface area contributed by atoms with Crippen molar-refractivity contribution in [2.75, 3.05) is 0 Å². The number of rotatable bonds is 4. The van der Waals surface area contributed by atoms with E-state index in [2.05, 4.69) is 5.32 Å². The van der Waals surface area contributed by atoms with E-state index in [4.69, 9.17) is 4.74 Å². The van der Waals surface area contributed by atoms with Crippen LogP contribution in [0.25, 0.3) is 0 Å². The predicted octanol–water partition coefficient (Wildman–Crippen LogP) is 1.81. The average Bonchev–Trinajstić information content (AvgIpc) is 2.67. The first kappa shape index (κ1) is 21.7. The molecule has 1 aromatic carbocycles. The van der Waals surface area contributed by atoms with Crippen LogP contribution in [0.15, 0.2) is 45.3 Å². The van der Waals surface area contributed by atoms with Crippen molar-refractivity contribution in [2.45, 2.75) is 45.1 Å². The average molecular weight is 511 g/mol. The molecule has 0 aromatic heterocycles.